The molecule has 1 aliphatic rings. The minimum atomic E-state index is -0.395. The van der Waals surface area contributed by atoms with E-state index in [0.29, 0.717) is 33.2 Å². The van der Waals surface area contributed by atoms with Gasteiger partial charge in [0.15, 0.2) is 0 Å². The minimum absolute atomic E-state index is 0.123. The molecule has 168 valence electrons. The Labute approximate surface area is 193 Å². The summed E-state index contributed by atoms with van der Waals surface area (Å²) in [6.45, 7) is 6.15. The number of pyridine rings is 1. The van der Waals surface area contributed by atoms with Gasteiger partial charge in [-0.2, -0.15) is 0 Å². The van der Waals surface area contributed by atoms with Gasteiger partial charge in [0.25, 0.3) is 0 Å². The quantitative estimate of drug-likeness (QED) is 0.494. The molecule has 4 rings (SSSR count). The number of phenolic OH excluding ortho intramolecular Hbond substituents is 1. The summed E-state index contributed by atoms with van der Waals surface area (Å²) in [4.78, 5) is 9.50. The van der Waals surface area contributed by atoms with Crippen molar-refractivity contribution < 1.29 is 9.50 Å². The second-order valence-corrected chi connectivity index (χ2v) is 8.57. The third kappa shape index (κ3) is 5.38. The molecular weight excluding hydrogens is 427 g/mol. The number of phenols is 1. The molecule has 2 N–H and O–H groups in total. The molecule has 5 nitrogen and oxygen atoms in total. The van der Waals surface area contributed by atoms with Crippen LogP contribution < -0.4 is 5.32 Å². The third-order valence-electron chi connectivity index (χ3n) is 5.81. The van der Waals surface area contributed by atoms with Gasteiger partial charge >= 0.3 is 0 Å². The van der Waals surface area contributed by atoms with E-state index in [4.69, 9.17) is 11.6 Å². The molecule has 0 spiro atoms. The van der Waals surface area contributed by atoms with Crippen molar-refractivity contribution in [3.8, 4) is 28.1 Å². The van der Waals surface area contributed by atoms with Gasteiger partial charge in [0.1, 0.15) is 17.4 Å². The zero-order valence-electron chi connectivity index (χ0n) is 18.2. The van der Waals surface area contributed by atoms with Gasteiger partial charge in [0.2, 0.25) is 0 Å². The molecule has 32 heavy (non-hydrogen) atoms. The van der Waals surface area contributed by atoms with Crippen molar-refractivity contribution in [2.24, 2.45) is 0 Å². The number of nitrogens with one attached hydrogen (secondary N) is 1. The summed E-state index contributed by atoms with van der Waals surface area (Å²) >= 11 is 6.33. The Morgan fingerprint density at radius 1 is 1.06 bits per heavy atom. The van der Waals surface area contributed by atoms with Crippen molar-refractivity contribution in [3.05, 3.63) is 65.4 Å². The highest BCUT2D eigenvalue weighted by atomic mass is 35.5. The van der Waals surface area contributed by atoms with E-state index in [1.165, 1.54) is 6.07 Å². The molecule has 0 amide bonds. The first-order chi connectivity index (χ1) is 15.5. The van der Waals surface area contributed by atoms with E-state index < -0.39 is 5.82 Å². The lowest BCUT2D eigenvalue weighted by molar-refractivity contribution is 0.154. The molecule has 0 saturated carbocycles. The van der Waals surface area contributed by atoms with Crippen LogP contribution >= 0.6 is 11.6 Å². The summed E-state index contributed by atoms with van der Waals surface area (Å²) in [5.74, 6) is 0.351. The zero-order valence-corrected chi connectivity index (χ0v) is 18.9. The molecule has 1 saturated heterocycles. The molecule has 7 heteroatoms. The summed E-state index contributed by atoms with van der Waals surface area (Å²) in [5, 5.41) is 14.0. The second-order valence-electron chi connectivity index (χ2n) is 8.17. The van der Waals surface area contributed by atoms with Crippen molar-refractivity contribution in [1.29, 1.82) is 0 Å². The van der Waals surface area contributed by atoms with E-state index >= 15 is 0 Å². The van der Waals surface area contributed by atoms with Crippen molar-refractivity contribution in [2.45, 2.75) is 6.42 Å². The SMILES string of the molecule is CN1CCN(CCCNc2cc(-c3c(F)cccc3Cl)cc(-c3ccccc3O)n2)CC1. The van der Waals surface area contributed by atoms with Crippen LogP contribution in [0.2, 0.25) is 5.02 Å². The first kappa shape index (κ1) is 22.5. The molecule has 2 aromatic carbocycles. The van der Waals surface area contributed by atoms with Crippen LogP contribution in [0.3, 0.4) is 0 Å². The third-order valence-corrected chi connectivity index (χ3v) is 6.12. The summed E-state index contributed by atoms with van der Waals surface area (Å²) in [6, 6.07) is 15.2. The van der Waals surface area contributed by atoms with Crippen LogP contribution in [-0.2, 0) is 0 Å². The lowest BCUT2D eigenvalue weighted by atomic mass is 10.0. The standard InChI is InChI=1S/C25H28ClFN4O/c1-30-12-14-31(15-13-30)11-5-10-28-24-17-18(25-20(26)7-4-8-21(25)27)16-22(29-24)19-6-2-3-9-23(19)32/h2-4,6-9,16-17,32H,5,10-15H2,1H3,(H,28,29). The van der Waals surface area contributed by atoms with E-state index in [-0.39, 0.29) is 5.75 Å². The van der Waals surface area contributed by atoms with E-state index in [1.807, 2.05) is 12.1 Å². The summed E-state index contributed by atoms with van der Waals surface area (Å²) in [6.07, 6.45) is 0.974. The Bertz CT molecular complexity index is 1050. The average Bonchev–Trinajstić information content (AvgIpc) is 2.78. The van der Waals surface area contributed by atoms with E-state index in [1.54, 1.807) is 36.4 Å². The fourth-order valence-electron chi connectivity index (χ4n) is 3.96. The summed E-state index contributed by atoms with van der Waals surface area (Å²) in [5.41, 5.74) is 2.08. The Hall–Kier alpha value is -2.67. The Balaban J connectivity index is 1.56. The fraction of sp³-hybridized carbons (Fsp3) is 0.320. The number of piperazine rings is 1. The summed E-state index contributed by atoms with van der Waals surface area (Å²) < 4.78 is 14.6. The number of aromatic hydroxyl groups is 1. The van der Waals surface area contributed by atoms with Gasteiger partial charge in [0, 0.05) is 43.9 Å². The number of halogens is 2. The topological polar surface area (TPSA) is 51.6 Å². The molecule has 2 heterocycles. The number of hydrogen-bond donors (Lipinski definition) is 2. The van der Waals surface area contributed by atoms with E-state index in [0.717, 1.165) is 45.7 Å². The minimum Gasteiger partial charge on any atom is -0.507 e. The first-order valence-corrected chi connectivity index (χ1v) is 11.3. The van der Waals surface area contributed by atoms with Gasteiger partial charge in [-0.05, 0) is 62.0 Å². The highest BCUT2D eigenvalue weighted by Gasteiger charge is 2.16. The van der Waals surface area contributed by atoms with E-state index in [2.05, 4.69) is 27.1 Å². The largest absolute Gasteiger partial charge is 0.507 e. The number of para-hydroxylation sites is 1. The highest BCUT2D eigenvalue weighted by Crippen LogP contribution is 2.36. The van der Waals surface area contributed by atoms with Gasteiger partial charge in [-0.25, -0.2) is 9.37 Å². The summed E-state index contributed by atoms with van der Waals surface area (Å²) in [7, 11) is 2.15. The lowest BCUT2D eigenvalue weighted by Gasteiger charge is -2.32. The van der Waals surface area contributed by atoms with Crippen LogP contribution in [0.5, 0.6) is 5.75 Å². The number of rotatable bonds is 7. The maximum absolute atomic E-state index is 14.6. The van der Waals surface area contributed by atoms with Crippen LogP contribution in [0.4, 0.5) is 10.2 Å². The van der Waals surface area contributed by atoms with Gasteiger partial charge < -0.3 is 20.2 Å². The zero-order chi connectivity index (χ0) is 22.5. The van der Waals surface area contributed by atoms with Gasteiger partial charge in [-0.3, -0.25) is 0 Å². The number of anilines is 1. The Morgan fingerprint density at radius 2 is 1.84 bits per heavy atom. The van der Waals surface area contributed by atoms with Gasteiger partial charge in [-0.15, -0.1) is 0 Å². The predicted octanol–water partition coefficient (Wildman–Crippen LogP) is 4.96. The number of benzene rings is 2. The maximum atomic E-state index is 14.6. The lowest BCUT2D eigenvalue weighted by Crippen LogP contribution is -2.44. The van der Waals surface area contributed by atoms with E-state index in [9.17, 15) is 9.50 Å². The first-order valence-electron chi connectivity index (χ1n) is 10.9. The van der Waals surface area contributed by atoms with Gasteiger partial charge in [0.05, 0.1) is 10.7 Å². The second kappa shape index (κ2) is 10.3. The normalized spacial score (nSPS) is 15.1. The average molecular weight is 455 g/mol. The fourth-order valence-corrected chi connectivity index (χ4v) is 4.23. The van der Waals surface area contributed by atoms with Crippen molar-refractivity contribution in [3.63, 3.8) is 0 Å². The smallest absolute Gasteiger partial charge is 0.132 e. The monoisotopic (exact) mass is 454 g/mol. The Kier molecular flexibility index (Phi) is 7.25. The van der Waals surface area contributed by atoms with Crippen molar-refractivity contribution in [2.75, 3.05) is 51.6 Å². The van der Waals surface area contributed by atoms with Crippen molar-refractivity contribution >= 4 is 17.4 Å². The molecule has 1 fully saturated rings. The highest BCUT2D eigenvalue weighted by molar-refractivity contribution is 6.33. The van der Waals surface area contributed by atoms with Crippen molar-refractivity contribution in [1.82, 2.24) is 14.8 Å². The molecule has 0 atom stereocenters. The molecule has 3 aromatic rings. The number of hydrogen-bond acceptors (Lipinski definition) is 5. The molecule has 0 aliphatic carbocycles. The van der Waals surface area contributed by atoms with Gasteiger partial charge in [-0.1, -0.05) is 29.8 Å². The number of nitrogens with zero attached hydrogens (tertiary/aromatic N) is 3. The van der Waals surface area contributed by atoms with Crippen LogP contribution in [-0.4, -0.2) is 66.2 Å². The predicted molar refractivity (Wildman–Crippen MR) is 129 cm³/mol. The molecule has 0 unspecified atom stereocenters. The van der Waals surface area contributed by atoms with Crippen LogP contribution in [0.25, 0.3) is 22.4 Å². The molecule has 1 aliphatic heterocycles. The molecule has 1 aromatic heterocycles. The van der Waals surface area contributed by atoms with Crippen LogP contribution in [0.15, 0.2) is 54.6 Å². The van der Waals surface area contributed by atoms with Crippen LogP contribution in [0, 0.1) is 5.82 Å². The van der Waals surface area contributed by atoms with Crippen LogP contribution in [0.1, 0.15) is 6.42 Å². The Morgan fingerprint density at radius 3 is 2.59 bits per heavy atom. The number of aromatic nitrogens is 1. The molecule has 0 bridgehead atoms. The number of likely N-dealkylation sites (N-methyl/N-ethyl adjacent to an activating group) is 1. The maximum Gasteiger partial charge on any atom is 0.132 e. The molecule has 0 radical (unpaired) electrons. The molecular formula is C25H28ClFN4O.